The zero-order chi connectivity index (χ0) is 21.9. The average Bonchev–Trinajstić information content (AvgIpc) is 2.65. The second kappa shape index (κ2) is 8.13. The molecule has 154 valence electrons. The Labute approximate surface area is 165 Å². The number of nitrogens with one attached hydrogen (secondary N) is 1. The Morgan fingerprint density at radius 3 is 2.52 bits per heavy atom. The molecular formula is C19H20N2O8. The average molecular weight is 404 g/mol. The number of carbonyl (C=O) groups is 3. The normalized spacial score (nSPS) is 16.8. The van der Waals surface area contributed by atoms with Crippen molar-refractivity contribution in [2.75, 3.05) is 7.11 Å². The van der Waals surface area contributed by atoms with Gasteiger partial charge in [0.2, 0.25) is 0 Å². The minimum Gasteiger partial charge on any atom is -0.466 e. The number of aldehydes is 1. The monoisotopic (exact) mass is 404 g/mol. The first kappa shape index (κ1) is 21.6. The van der Waals surface area contributed by atoms with E-state index in [1.165, 1.54) is 32.0 Å². The van der Waals surface area contributed by atoms with E-state index in [9.17, 15) is 24.5 Å². The van der Waals surface area contributed by atoms with Crippen molar-refractivity contribution >= 4 is 24.1 Å². The third-order valence-electron chi connectivity index (χ3n) is 4.52. The maximum Gasteiger partial charge on any atom is 0.506 e. The van der Waals surface area contributed by atoms with Crippen molar-refractivity contribution in [3.63, 3.8) is 0 Å². The maximum absolute atomic E-state index is 12.5. The molecule has 10 heteroatoms. The topological polar surface area (TPSA) is 145 Å². The van der Waals surface area contributed by atoms with Gasteiger partial charge in [-0.3, -0.25) is 14.9 Å². The number of ether oxygens (including phenoxy) is 2. The van der Waals surface area contributed by atoms with Gasteiger partial charge >= 0.3 is 12.1 Å². The van der Waals surface area contributed by atoms with E-state index in [-0.39, 0.29) is 17.0 Å². The molecule has 0 amide bonds. The van der Waals surface area contributed by atoms with Crippen LogP contribution >= 0.6 is 0 Å². The lowest BCUT2D eigenvalue weighted by molar-refractivity contribution is -0.384. The molecule has 0 radical (unpaired) electrons. The fraction of sp³-hybridized carbons (Fsp3) is 0.316. The van der Waals surface area contributed by atoms with Crippen LogP contribution in [0, 0.1) is 10.1 Å². The molecule has 0 bridgehead atoms. The SMILES string of the molecule is COC(=O)C1=C(C=O)NC(C)=C(C(C)(C)OC(=O)O)C1c1cccc([N+](=O)[O-])c1. The Bertz CT molecular complexity index is 945. The van der Waals surface area contributed by atoms with Gasteiger partial charge in [-0.25, -0.2) is 9.59 Å². The van der Waals surface area contributed by atoms with E-state index in [1.54, 1.807) is 13.0 Å². The number of nitrogens with zero attached hydrogens (tertiary/aromatic N) is 1. The van der Waals surface area contributed by atoms with Crippen LogP contribution in [-0.2, 0) is 19.1 Å². The van der Waals surface area contributed by atoms with Crippen LogP contribution in [0.1, 0.15) is 32.3 Å². The van der Waals surface area contributed by atoms with Gasteiger partial charge in [0.1, 0.15) is 5.60 Å². The van der Waals surface area contributed by atoms with Gasteiger partial charge in [0.25, 0.3) is 5.69 Å². The Morgan fingerprint density at radius 1 is 1.34 bits per heavy atom. The molecular weight excluding hydrogens is 384 g/mol. The van der Waals surface area contributed by atoms with Gasteiger partial charge in [0.05, 0.1) is 23.3 Å². The summed E-state index contributed by atoms with van der Waals surface area (Å²) in [4.78, 5) is 46.1. The van der Waals surface area contributed by atoms with E-state index >= 15 is 0 Å². The molecule has 0 fully saturated rings. The molecule has 2 N–H and O–H groups in total. The third-order valence-corrected chi connectivity index (χ3v) is 4.52. The van der Waals surface area contributed by atoms with Gasteiger partial charge in [-0.05, 0) is 26.3 Å². The zero-order valence-corrected chi connectivity index (χ0v) is 16.2. The highest BCUT2D eigenvalue weighted by Crippen LogP contribution is 2.44. The number of non-ortho nitro benzene ring substituents is 1. The molecule has 10 nitrogen and oxygen atoms in total. The number of hydrogen-bond acceptors (Lipinski definition) is 8. The number of benzene rings is 1. The molecule has 0 spiro atoms. The van der Waals surface area contributed by atoms with Crippen LogP contribution in [0.3, 0.4) is 0 Å². The largest absolute Gasteiger partial charge is 0.506 e. The first-order valence-electron chi connectivity index (χ1n) is 8.45. The van der Waals surface area contributed by atoms with Crippen molar-refractivity contribution in [1.82, 2.24) is 5.32 Å². The Balaban J connectivity index is 2.83. The first-order chi connectivity index (χ1) is 13.5. The number of nitro groups is 1. The van der Waals surface area contributed by atoms with E-state index in [1.807, 2.05) is 0 Å². The van der Waals surface area contributed by atoms with Crippen LogP contribution < -0.4 is 5.32 Å². The molecule has 1 aromatic carbocycles. The summed E-state index contributed by atoms with van der Waals surface area (Å²) in [6, 6.07) is 5.51. The summed E-state index contributed by atoms with van der Waals surface area (Å²) in [6.07, 6.45) is -1.11. The van der Waals surface area contributed by atoms with E-state index in [0.29, 0.717) is 23.1 Å². The highest BCUT2D eigenvalue weighted by atomic mass is 16.7. The second-order valence-electron chi connectivity index (χ2n) is 6.76. The smallest absolute Gasteiger partial charge is 0.466 e. The second-order valence-corrected chi connectivity index (χ2v) is 6.76. The number of methoxy groups -OCH3 is 1. The number of carbonyl (C=O) groups excluding carboxylic acids is 2. The number of dihydropyridines is 1. The summed E-state index contributed by atoms with van der Waals surface area (Å²) in [5.41, 5.74) is -0.865. The van der Waals surface area contributed by atoms with Gasteiger partial charge < -0.3 is 19.9 Å². The van der Waals surface area contributed by atoms with E-state index in [4.69, 9.17) is 14.6 Å². The van der Waals surface area contributed by atoms with E-state index in [0.717, 1.165) is 7.11 Å². The lowest BCUT2D eigenvalue weighted by atomic mass is 9.74. The Morgan fingerprint density at radius 2 is 2.00 bits per heavy atom. The summed E-state index contributed by atoms with van der Waals surface area (Å²) in [5, 5.41) is 23.2. The Hall–Kier alpha value is -3.69. The number of nitro benzene ring substituents is 1. The van der Waals surface area contributed by atoms with Gasteiger partial charge in [-0.1, -0.05) is 12.1 Å². The predicted octanol–water partition coefficient (Wildman–Crippen LogP) is 2.65. The number of hydrogen-bond donors (Lipinski definition) is 2. The van der Waals surface area contributed by atoms with E-state index in [2.05, 4.69) is 5.32 Å². The molecule has 1 unspecified atom stereocenters. The molecule has 0 aromatic heterocycles. The van der Waals surface area contributed by atoms with Crippen molar-refractivity contribution in [2.45, 2.75) is 32.3 Å². The molecule has 1 aliphatic rings. The van der Waals surface area contributed by atoms with Gasteiger partial charge in [0, 0.05) is 29.3 Å². The fourth-order valence-electron chi connectivity index (χ4n) is 3.51. The quantitative estimate of drug-likeness (QED) is 0.316. The first-order valence-corrected chi connectivity index (χ1v) is 8.45. The summed E-state index contributed by atoms with van der Waals surface area (Å²) >= 11 is 0. The molecule has 0 saturated heterocycles. The van der Waals surface area contributed by atoms with Gasteiger partial charge in [0.15, 0.2) is 6.29 Å². The molecule has 1 heterocycles. The number of carboxylic acid groups (broad SMARTS) is 1. The minimum atomic E-state index is -1.54. The lowest BCUT2D eigenvalue weighted by Gasteiger charge is -2.38. The molecule has 0 saturated carbocycles. The highest BCUT2D eigenvalue weighted by Gasteiger charge is 2.43. The molecule has 1 aliphatic heterocycles. The highest BCUT2D eigenvalue weighted by molar-refractivity contribution is 5.98. The standard InChI is InChI=1S/C19H20N2O8/c1-10-16(19(2,3)29-18(24)25)14(11-6-5-7-12(8-11)21(26)27)15(17(23)28-4)13(9-22)20-10/h5-9,14,20H,1-4H3,(H,24,25). The summed E-state index contributed by atoms with van der Waals surface area (Å²) < 4.78 is 9.85. The number of esters is 1. The van der Waals surface area contributed by atoms with Crippen molar-refractivity contribution < 1.29 is 33.9 Å². The number of allylic oxidation sites excluding steroid dienone is 2. The van der Waals surface area contributed by atoms with Gasteiger partial charge in [-0.15, -0.1) is 0 Å². The van der Waals surface area contributed by atoms with Crippen LogP contribution in [0.5, 0.6) is 0 Å². The van der Waals surface area contributed by atoms with Crippen molar-refractivity contribution in [2.24, 2.45) is 0 Å². The van der Waals surface area contributed by atoms with Crippen LogP contribution in [0.15, 0.2) is 46.8 Å². The Kier molecular flexibility index (Phi) is 6.06. The number of rotatable bonds is 6. The van der Waals surface area contributed by atoms with Crippen molar-refractivity contribution in [1.29, 1.82) is 0 Å². The lowest BCUT2D eigenvalue weighted by Crippen LogP contribution is -2.40. The molecule has 1 atom stereocenters. The molecule has 1 aromatic rings. The summed E-state index contributed by atoms with van der Waals surface area (Å²) in [5.74, 6) is -1.86. The van der Waals surface area contributed by atoms with E-state index < -0.39 is 28.6 Å². The minimum absolute atomic E-state index is 0.0827. The molecule has 0 aliphatic carbocycles. The van der Waals surface area contributed by atoms with Gasteiger partial charge in [-0.2, -0.15) is 0 Å². The third kappa shape index (κ3) is 4.26. The van der Waals surface area contributed by atoms with Crippen LogP contribution in [0.25, 0.3) is 0 Å². The van der Waals surface area contributed by atoms with Crippen molar-refractivity contribution in [3.8, 4) is 0 Å². The van der Waals surface area contributed by atoms with Crippen LogP contribution in [-0.4, -0.2) is 41.2 Å². The van der Waals surface area contributed by atoms with Crippen LogP contribution in [0.2, 0.25) is 0 Å². The predicted molar refractivity (Wildman–Crippen MR) is 100.0 cm³/mol. The van der Waals surface area contributed by atoms with Crippen LogP contribution in [0.4, 0.5) is 10.5 Å². The summed E-state index contributed by atoms with van der Waals surface area (Å²) in [6.45, 7) is 4.55. The molecule has 29 heavy (non-hydrogen) atoms. The fourth-order valence-corrected chi connectivity index (χ4v) is 3.51. The summed E-state index contributed by atoms with van der Waals surface area (Å²) in [7, 11) is 1.13. The maximum atomic E-state index is 12.5. The molecule has 2 rings (SSSR count). The zero-order valence-electron chi connectivity index (χ0n) is 16.2. The van der Waals surface area contributed by atoms with Crippen molar-refractivity contribution in [3.05, 3.63) is 62.5 Å².